The van der Waals surface area contributed by atoms with Crippen LogP contribution >= 0.6 is 34.9 Å². The summed E-state index contributed by atoms with van der Waals surface area (Å²) in [6, 6.07) is -1.04. The first-order valence-electron chi connectivity index (χ1n) is 9.20. The number of rotatable bonds is 4. The number of aromatic amines is 1. The van der Waals surface area contributed by atoms with E-state index in [0.29, 0.717) is 15.2 Å². The molecule has 18 heteroatoms. The number of carbonyl (C=O) groups is 1. The molecule has 0 saturated heterocycles. The maximum atomic E-state index is 13.5. The molecule has 0 fully saturated rings. The second-order valence-electron chi connectivity index (χ2n) is 6.27. The fraction of sp³-hybridized carbons (Fsp3) is 0.471. The summed E-state index contributed by atoms with van der Waals surface area (Å²) in [7, 11) is 6.32. The van der Waals surface area contributed by atoms with Crippen LogP contribution in [0.1, 0.15) is 10.4 Å². The largest absolute Gasteiger partial charge is 0.426 e. The molecule has 0 spiro atoms. The molecule has 11 nitrogen and oxygen atoms in total. The van der Waals surface area contributed by atoms with Crippen LogP contribution in [0.3, 0.4) is 0 Å². The summed E-state index contributed by atoms with van der Waals surface area (Å²) < 4.78 is 59.0. The number of hydrogen-bond donors (Lipinski definition) is 2. The first-order valence-corrected chi connectivity index (χ1v) is 12.5. The Morgan fingerprint density at radius 2 is 1.74 bits per heavy atom. The molecule has 0 bridgehead atoms. The van der Waals surface area contributed by atoms with Crippen molar-refractivity contribution in [3.8, 4) is 0 Å². The van der Waals surface area contributed by atoms with E-state index >= 15 is 0 Å². The standard InChI is InChI=1S/C11H10F4N4O2S2.C4H7N3OS.C2H6O/c1-18-9(22-2)17-19(10(18)21)8(20)16-3-5-6(12)4-23-7(5)11(13,14)15;1-7-3(8)5-6-4(7)9-2;1-3-2/h4H,3H2,1-2H3,(H,16,20);1-2H3,(H,5,8);1-2H3. The second-order valence-corrected chi connectivity index (χ2v) is 8.70. The van der Waals surface area contributed by atoms with Gasteiger partial charge in [0.15, 0.2) is 10.3 Å². The summed E-state index contributed by atoms with van der Waals surface area (Å²) in [5.41, 5.74) is -1.60. The third-order valence-electron chi connectivity index (χ3n) is 3.85. The predicted molar refractivity (Wildman–Crippen MR) is 125 cm³/mol. The number of carbonyl (C=O) groups excluding carboxylic acids is 1. The van der Waals surface area contributed by atoms with Crippen molar-refractivity contribution in [2.24, 2.45) is 14.1 Å². The summed E-state index contributed by atoms with van der Waals surface area (Å²) in [6.45, 7) is -0.708. The molecular weight excluding hydrogens is 538 g/mol. The van der Waals surface area contributed by atoms with Crippen LogP contribution in [0.25, 0.3) is 0 Å². The van der Waals surface area contributed by atoms with Crippen molar-refractivity contribution in [1.82, 2.24) is 34.4 Å². The normalized spacial score (nSPS) is 10.8. The molecule has 35 heavy (non-hydrogen) atoms. The smallest absolute Gasteiger partial charge is 0.388 e. The Morgan fingerprint density at radius 1 is 1.17 bits per heavy atom. The molecule has 2 N–H and O–H groups in total. The average molecular weight is 562 g/mol. The van der Waals surface area contributed by atoms with Crippen LogP contribution in [0, 0.1) is 5.82 Å². The minimum Gasteiger partial charge on any atom is -0.388 e. The molecule has 3 heterocycles. The van der Waals surface area contributed by atoms with Crippen LogP contribution in [-0.2, 0) is 31.6 Å². The number of alkyl halides is 3. The van der Waals surface area contributed by atoms with Gasteiger partial charge < -0.3 is 10.1 Å². The third kappa shape index (κ3) is 7.97. The molecule has 196 valence electrons. The number of aromatic nitrogens is 6. The lowest BCUT2D eigenvalue weighted by molar-refractivity contribution is -0.135. The quantitative estimate of drug-likeness (QED) is 0.367. The van der Waals surface area contributed by atoms with E-state index in [1.54, 1.807) is 27.5 Å². The third-order valence-corrected chi connectivity index (χ3v) is 6.34. The summed E-state index contributed by atoms with van der Waals surface area (Å²) >= 11 is 2.75. The van der Waals surface area contributed by atoms with Gasteiger partial charge in [0.25, 0.3) is 0 Å². The van der Waals surface area contributed by atoms with E-state index in [9.17, 15) is 31.9 Å². The number of methoxy groups -OCH3 is 1. The molecule has 0 saturated carbocycles. The maximum absolute atomic E-state index is 13.5. The highest BCUT2D eigenvalue weighted by atomic mass is 32.2. The maximum Gasteiger partial charge on any atom is 0.426 e. The van der Waals surface area contributed by atoms with Gasteiger partial charge in [-0.2, -0.15) is 13.2 Å². The Kier molecular flexibility index (Phi) is 11.7. The van der Waals surface area contributed by atoms with Gasteiger partial charge in [0.1, 0.15) is 10.7 Å². The zero-order chi connectivity index (χ0) is 26.9. The second kappa shape index (κ2) is 13.5. The SMILES string of the molecule is COC.CSc1n[nH]c(=O)n1C.CSc1nn(C(=O)NCc2c(F)csc2C(F)(F)F)c(=O)n1C. The molecule has 3 aromatic heterocycles. The molecule has 0 aliphatic carbocycles. The van der Waals surface area contributed by atoms with Crippen LogP contribution in [0.2, 0.25) is 0 Å². The Labute approximate surface area is 208 Å². The van der Waals surface area contributed by atoms with Crippen molar-refractivity contribution >= 4 is 40.9 Å². The van der Waals surface area contributed by atoms with Gasteiger partial charge in [-0.05, 0) is 12.5 Å². The fourth-order valence-electron chi connectivity index (χ4n) is 2.25. The van der Waals surface area contributed by atoms with Crippen molar-refractivity contribution in [3.63, 3.8) is 0 Å². The van der Waals surface area contributed by atoms with Crippen LogP contribution in [0.15, 0.2) is 25.3 Å². The zero-order valence-corrected chi connectivity index (χ0v) is 21.8. The van der Waals surface area contributed by atoms with Crippen LogP contribution in [0.5, 0.6) is 0 Å². The van der Waals surface area contributed by atoms with Crippen molar-refractivity contribution in [1.29, 1.82) is 0 Å². The lowest BCUT2D eigenvalue weighted by Crippen LogP contribution is -2.37. The van der Waals surface area contributed by atoms with Gasteiger partial charge in [-0.1, -0.05) is 23.5 Å². The van der Waals surface area contributed by atoms with Gasteiger partial charge in [0.05, 0.1) is 0 Å². The highest BCUT2D eigenvalue weighted by Gasteiger charge is 2.36. The monoisotopic (exact) mass is 561 g/mol. The van der Waals surface area contributed by atoms with Gasteiger partial charge in [-0.15, -0.1) is 26.2 Å². The van der Waals surface area contributed by atoms with Gasteiger partial charge in [0.2, 0.25) is 0 Å². The lowest BCUT2D eigenvalue weighted by Gasteiger charge is -2.08. The summed E-state index contributed by atoms with van der Waals surface area (Å²) in [5.74, 6) is -1.07. The molecule has 0 aliphatic heterocycles. The average Bonchev–Trinajstić information content (AvgIpc) is 3.43. The molecule has 3 aromatic rings. The van der Waals surface area contributed by atoms with E-state index in [1.165, 1.54) is 23.4 Å². The Bertz CT molecular complexity index is 1230. The topological polar surface area (TPSA) is 129 Å². The highest BCUT2D eigenvalue weighted by molar-refractivity contribution is 7.98. The van der Waals surface area contributed by atoms with E-state index in [-0.39, 0.29) is 22.2 Å². The van der Waals surface area contributed by atoms with Gasteiger partial charge in [-0.3, -0.25) is 9.13 Å². The molecule has 0 aliphatic rings. The molecule has 0 atom stereocenters. The predicted octanol–water partition coefficient (Wildman–Crippen LogP) is 2.37. The van der Waals surface area contributed by atoms with Gasteiger partial charge >= 0.3 is 23.6 Å². The molecular formula is C17H23F4N7O4S3. The number of H-pyrrole nitrogens is 1. The number of halogens is 4. The highest BCUT2D eigenvalue weighted by Crippen LogP contribution is 2.37. The summed E-state index contributed by atoms with van der Waals surface area (Å²) in [4.78, 5) is 33.2. The summed E-state index contributed by atoms with van der Waals surface area (Å²) in [6.07, 6.45) is -1.21. The van der Waals surface area contributed by atoms with Crippen molar-refractivity contribution in [2.45, 2.75) is 23.0 Å². The lowest BCUT2D eigenvalue weighted by atomic mass is 10.2. The number of amides is 1. The van der Waals surface area contributed by atoms with Crippen LogP contribution < -0.4 is 16.7 Å². The zero-order valence-electron chi connectivity index (χ0n) is 19.4. The van der Waals surface area contributed by atoms with E-state index in [4.69, 9.17) is 0 Å². The number of hydrogen-bond acceptors (Lipinski definition) is 9. The molecule has 1 amide bonds. The molecule has 0 radical (unpaired) electrons. The number of nitrogens with one attached hydrogen (secondary N) is 2. The summed E-state index contributed by atoms with van der Waals surface area (Å²) in [5, 5.41) is 13.5. The number of thioether (sulfide) groups is 2. The number of thiophene rings is 1. The van der Waals surface area contributed by atoms with Crippen LogP contribution in [-0.4, -0.2) is 61.9 Å². The van der Waals surface area contributed by atoms with E-state index in [2.05, 4.69) is 25.3 Å². The Morgan fingerprint density at radius 3 is 2.14 bits per heavy atom. The first kappa shape index (κ1) is 30.5. The Hall–Kier alpha value is -2.57. The van der Waals surface area contributed by atoms with E-state index in [0.717, 1.165) is 16.3 Å². The molecule has 3 rings (SSSR count). The van der Waals surface area contributed by atoms with Crippen LogP contribution in [0.4, 0.5) is 22.4 Å². The van der Waals surface area contributed by atoms with Crippen molar-refractivity contribution in [3.05, 3.63) is 42.6 Å². The molecule has 0 unspecified atom stereocenters. The number of ether oxygens (including phenoxy) is 1. The van der Waals surface area contributed by atoms with Crippen molar-refractivity contribution in [2.75, 3.05) is 26.7 Å². The minimum atomic E-state index is -4.72. The first-order chi connectivity index (χ1) is 16.3. The van der Waals surface area contributed by atoms with E-state index < -0.39 is 40.7 Å². The minimum absolute atomic E-state index is 0.167. The van der Waals surface area contributed by atoms with Crippen molar-refractivity contribution < 1.29 is 27.1 Å². The fourth-order valence-corrected chi connectivity index (χ4v) is 4.07. The molecule has 0 aromatic carbocycles. The van der Waals surface area contributed by atoms with Gasteiger partial charge in [-0.25, -0.2) is 23.9 Å². The Balaban J connectivity index is 0.000000422. The number of nitrogens with zero attached hydrogens (tertiary/aromatic N) is 5. The van der Waals surface area contributed by atoms with Gasteiger partial charge in [0, 0.05) is 45.8 Å². The van der Waals surface area contributed by atoms with E-state index in [1.807, 2.05) is 6.26 Å².